The molecule has 0 radical (unpaired) electrons. The normalized spacial score (nSPS) is 18.2. The molecule has 0 bridgehead atoms. The molecule has 1 fully saturated rings. The van der Waals surface area contributed by atoms with Crippen LogP contribution in [0.3, 0.4) is 0 Å². The molecule has 0 aromatic heterocycles. The van der Waals surface area contributed by atoms with E-state index in [1.54, 1.807) is 21.3 Å². The van der Waals surface area contributed by atoms with Crippen molar-refractivity contribution in [2.75, 3.05) is 41.0 Å². The summed E-state index contributed by atoms with van der Waals surface area (Å²) in [5, 5.41) is 3.31. The molecule has 0 aliphatic carbocycles. The Bertz CT molecular complexity index is 493. The van der Waals surface area contributed by atoms with E-state index in [2.05, 4.69) is 5.32 Å². The first-order valence-electron chi connectivity index (χ1n) is 6.94. The molecular formula is C15H22N2O4. The Kier molecular flexibility index (Phi) is 5.27. The molecule has 6 nitrogen and oxygen atoms in total. The number of hydrogen-bond donors (Lipinski definition) is 1. The van der Waals surface area contributed by atoms with Crippen molar-refractivity contribution in [3.8, 4) is 17.2 Å². The van der Waals surface area contributed by atoms with Gasteiger partial charge < -0.3 is 24.4 Å². The summed E-state index contributed by atoms with van der Waals surface area (Å²) in [5.41, 5.74) is 0.996. The molecule has 1 heterocycles. The van der Waals surface area contributed by atoms with Crippen LogP contribution in [-0.2, 0) is 11.2 Å². The van der Waals surface area contributed by atoms with Crippen LogP contribution in [-0.4, -0.2) is 58.3 Å². The summed E-state index contributed by atoms with van der Waals surface area (Å²) >= 11 is 0. The summed E-state index contributed by atoms with van der Waals surface area (Å²) in [6.45, 7) is 2.33. The third-order valence-corrected chi connectivity index (χ3v) is 3.77. The summed E-state index contributed by atoms with van der Waals surface area (Å²) in [6.07, 6.45) is 1.62. The lowest BCUT2D eigenvalue weighted by Crippen LogP contribution is -2.51. The second-order valence-electron chi connectivity index (χ2n) is 4.90. The van der Waals surface area contributed by atoms with Gasteiger partial charge in [0.25, 0.3) is 0 Å². The van der Waals surface area contributed by atoms with Gasteiger partial charge in [-0.2, -0.15) is 0 Å². The van der Waals surface area contributed by atoms with Gasteiger partial charge in [0.2, 0.25) is 12.2 Å². The number of amides is 1. The van der Waals surface area contributed by atoms with Gasteiger partial charge in [-0.15, -0.1) is 0 Å². The maximum absolute atomic E-state index is 11.2. The molecule has 1 amide bonds. The van der Waals surface area contributed by atoms with Crippen molar-refractivity contribution in [1.29, 1.82) is 0 Å². The number of carbonyl (C=O) groups is 1. The van der Waals surface area contributed by atoms with Crippen molar-refractivity contribution >= 4 is 6.41 Å². The van der Waals surface area contributed by atoms with E-state index in [1.807, 2.05) is 17.0 Å². The summed E-state index contributed by atoms with van der Waals surface area (Å²) in [6, 6.07) is 3.93. The molecule has 1 N–H and O–H groups in total. The minimum atomic E-state index is 0.114. The molecule has 1 atom stereocenters. The molecule has 1 aromatic rings. The largest absolute Gasteiger partial charge is 0.493 e. The fourth-order valence-electron chi connectivity index (χ4n) is 2.68. The van der Waals surface area contributed by atoms with E-state index >= 15 is 0 Å². The molecule has 1 unspecified atom stereocenters. The number of benzene rings is 1. The molecule has 1 saturated heterocycles. The van der Waals surface area contributed by atoms with Crippen LogP contribution < -0.4 is 19.5 Å². The highest BCUT2D eigenvalue weighted by atomic mass is 16.5. The number of hydrogen-bond acceptors (Lipinski definition) is 5. The molecule has 21 heavy (non-hydrogen) atoms. The van der Waals surface area contributed by atoms with Crippen LogP contribution in [0.4, 0.5) is 0 Å². The zero-order valence-corrected chi connectivity index (χ0v) is 12.7. The molecule has 0 saturated carbocycles. The van der Waals surface area contributed by atoms with Crippen LogP contribution >= 0.6 is 0 Å². The Morgan fingerprint density at radius 3 is 2.62 bits per heavy atom. The maximum atomic E-state index is 11.2. The Balaban J connectivity index is 2.28. The van der Waals surface area contributed by atoms with Gasteiger partial charge in [0.1, 0.15) is 0 Å². The molecule has 6 heteroatoms. The lowest BCUT2D eigenvalue weighted by atomic mass is 10.0. The topological polar surface area (TPSA) is 60.0 Å². The number of carbonyl (C=O) groups excluding carboxylic acids is 1. The lowest BCUT2D eigenvalue weighted by Gasteiger charge is -2.33. The lowest BCUT2D eigenvalue weighted by molar-refractivity contribution is -0.120. The molecule has 0 spiro atoms. The first-order valence-corrected chi connectivity index (χ1v) is 6.94. The number of nitrogens with one attached hydrogen (secondary N) is 1. The Morgan fingerprint density at radius 2 is 2.00 bits per heavy atom. The van der Waals surface area contributed by atoms with Gasteiger partial charge in [0, 0.05) is 31.2 Å². The monoisotopic (exact) mass is 294 g/mol. The first-order chi connectivity index (χ1) is 10.2. The van der Waals surface area contributed by atoms with E-state index in [9.17, 15) is 4.79 Å². The van der Waals surface area contributed by atoms with E-state index in [1.165, 1.54) is 0 Å². The van der Waals surface area contributed by atoms with E-state index in [4.69, 9.17) is 14.2 Å². The summed E-state index contributed by atoms with van der Waals surface area (Å²) in [7, 11) is 4.79. The number of piperazine rings is 1. The highest BCUT2D eigenvalue weighted by Gasteiger charge is 2.24. The smallest absolute Gasteiger partial charge is 0.210 e. The number of methoxy groups -OCH3 is 3. The van der Waals surface area contributed by atoms with Crippen molar-refractivity contribution < 1.29 is 19.0 Å². The minimum absolute atomic E-state index is 0.114. The van der Waals surface area contributed by atoms with Crippen molar-refractivity contribution in [3.05, 3.63) is 17.7 Å². The second kappa shape index (κ2) is 7.17. The standard InChI is InChI=1S/C15H22N2O4/c1-19-13-5-4-11(14(20-2)15(13)21-3)8-12-9-16-6-7-17(12)10-18/h4-5,10,12,16H,6-9H2,1-3H3. The van der Waals surface area contributed by atoms with Crippen molar-refractivity contribution in [1.82, 2.24) is 10.2 Å². The molecule has 1 aliphatic heterocycles. The van der Waals surface area contributed by atoms with E-state index < -0.39 is 0 Å². The van der Waals surface area contributed by atoms with Gasteiger partial charge in [0.15, 0.2) is 11.5 Å². The van der Waals surface area contributed by atoms with E-state index in [-0.39, 0.29) is 6.04 Å². The highest BCUT2D eigenvalue weighted by molar-refractivity contribution is 5.56. The van der Waals surface area contributed by atoms with E-state index in [0.29, 0.717) is 23.7 Å². The van der Waals surface area contributed by atoms with Gasteiger partial charge in [0.05, 0.1) is 21.3 Å². The fraction of sp³-hybridized carbons (Fsp3) is 0.533. The third kappa shape index (κ3) is 3.21. The zero-order valence-electron chi connectivity index (χ0n) is 12.7. The zero-order chi connectivity index (χ0) is 15.2. The Hall–Kier alpha value is -1.95. The van der Waals surface area contributed by atoms with Crippen molar-refractivity contribution in [2.45, 2.75) is 12.5 Å². The van der Waals surface area contributed by atoms with Crippen molar-refractivity contribution in [2.24, 2.45) is 0 Å². The average Bonchev–Trinajstić information content (AvgIpc) is 2.54. The van der Waals surface area contributed by atoms with Crippen LogP contribution in [0, 0.1) is 0 Å². The van der Waals surface area contributed by atoms with Gasteiger partial charge in [-0.25, -0.2) is 0 Å². The SMILES string of the molecule is COc1ccc(CC2CNCCN2C=O)c(OC)c1OC. The number of nitrogens with zero attached hydrogens (tertiary/aromatic N) is 1. The van der Waals surface area contributed by atoms with Gasteiger partial charge >= 0.3 is 0 Å². The third-order valence-electron chi connectivity index (χ3n) is 3.77. The minimum Gasteiger partial charge on any atom is -0.493 e. The molecular weight excluding hydrogens is 272 g/mol. The summed E-state index contributed by atoms with van der Waals surface area (Å²) in [4.78, 5) is 13.0. The summed E-state index contributed by atoms with van der Waals surface area (Å²) < 4.78 is 16.2. The van der Waals surface area contributed by atoms with Gasteiger partial charge in [-0.3, -0.25) is 4.79 Å². The van der Waals surface area contributed by atoms with Gasteiger partial charge in [-0.1, -0.05) is 6.07 Å². The van der Waals surface area contributed by atoms with Crippen LogP contribution in [0.1, 0.15) is 5.56 Å². The van der Waals surface area contributed by atoms with E-state index in [0.717, 1.165) is 31.6 Å². The highest BCUT2D eigenvalue weighted by Crippen LogP contribution is 2.40. The van der Waals surface area contributed by atoms with Crippen molar-refractivity contribution in [3.63, 3.8) is 0 Å². The predicted molar refractivity (Wildman–Crippen MR) is 79.2 cm³/mol. The Morgan fingerprint density at radius 1 is 1.24 bits per heavy atom. The summed E-state index contributed by atoms with van der Waals surface area (Å²) in [5.74, 6) is 1.87. The predicted octanol–water partition coefficient (Wildman–Crippen LogP) is 0.685. The molecule has 1 aliphatic rings. The number of ether oxygens (including phenoxy) is 3. The second-order valence-corrected chi connectivity index (χ2v) is 4.90. The molecule has 116 valence electrons. The average molecular weight is 294 g/mol. The number of rotatable bonds is 6. The first kappa shape index (κ1) is 15.4. The van der Waals surface area contributed by atoms with Crippen LogP contribution in [0.5, 0.6) is 17.2 Å². The maximum Gasteiger partial charge on any atom is 0.210 e. The fourth-order valence-corrected chi connectivity index (χ4v) is 2.68. The molecule has 2 rings (SSSR count). The molecule has 1 aromatic carbocycles. The quantitative estimate of drug-likeness (QED) is 0.782. The Labute approximate surface area is 125 Å². The van der Waals surface area contributed by atoms with Crippen LogP contribution in [0.15, 0.2) is 12.1 Å². The van der Waals surface area contributed by atoms with Crippen LogP contribution in [0.25, 0.3) is 0 Å². The van der Waals surface area contributed by atoms with Gasteiger partial charge in [-0.05, 0) is 12.5 Å². The van der Waals surface area contributed by atoms with Crippen LogP contribution in [0.2, 0.25) is 0 Å².